The van der Waals surface area contributed by atoms with Crippen molar-refractivity contribution in [3.8, 4) is 0 Å². The summed E-state index contributed by atoms with van der Waals surface area (Å²) >= 11 is 0. The summed E-state index contributed by atoms with van der Waals surface area (Å²) < 4.78 is 40.5. The number of carbonyl (C=O) groups is 1. The van der Waals surface area contributed by atoms with Gasteiger partial charge in [-0.25, -0.2) is 0 Å². The highest BCUT2D eigenvalue weighted by molar-refractivity contribution is 5.73. The molecule has 0 saturated heterocycles. The fraction of sp³-hybridized carbons (Fsp3) is 0.611. The third-order valence-electron chi connectivity index (χ3n) is 5.22. The number of aryl methyl sites for hydroxylation is 2. The van der Waals surface area contributed by atoms with E-state index in [2.05, 4.69) is 15.5 Å². The third kappa shape index (κ3) is 4.73. The Morgan fingerprint density at radius 3 is 2.75 bits per heavy atom. The number of nitrogens with one attached hydrogen (secondary N) is 2. The summed E-state index contributed by atoms with van der Waals surface area (Å²) in [5.74, 6) is -0.704. The molecule has 2 aromatic heterocycles. The lowest BCUT2D eigenvalue weighted by Gasteiger charge is -2.16. The van der Waals surface area contributed by atoms with E-state index in [1.54, 1.807) is 4.68 Å². The van der Waals surface area contributed by atoms with Crippen LogP contribution in [0.15, 0.2) is 12.4 Å². The predicted molar refractivity (Wildman–Crippen MR) is 94.6 cm³/mol. The molecular weight excluding hydrogens is 375 g/mol. The molecule has 0 amide bonds. The number of carboxylic acid groups (broad SMARTS) is 1. The fourth-order valence-electron chi connectivity index (χ4n) is 3.83. The second kappa shape index (κ2) is 8.34. The first-order valence-electron chi connectivity index (χ1n) is 9.33. The molecular formula is C18H24F3N5O2. The minimum atomic E-state index is -4.54. The van der Waals surface area contributed by atoms with Crippen LogP contribution in [0.25, 0.3) is 0 Å². The number of rotatable bonds is 8. The van der Waals surface area contributed by atoms with E-state index in [-0.39, 0.29) is 18.4 Å². The van der Waals surface area contributed by atoms with E-state index in [1.165, 1.54) is 0 Å². The zero-order chi connectivity index (χ0) is 20.3. The molecule has 1 fully saturated rings. The zero-order valence-electron chi connectivity index (χ0n) is 15.6. The number of aliphatic carboxylic acids is 1. The number of alkyl halides is 3. The molecule has 3 rings (SSSR count). The van der Waals surface area contributed by atoms with Gasteiger partial charge in [-0.1, -0.05) is 12.8 Å². The van der Waals surface area contributed by atoms with Gasteiger partial charge in [0, 0.05) is 36.8 Å². The average molecular weight is 399 g/mol. The first kappa shape index (κ1) is 20.4. The molecule has 28 heavy (non-hydrogen) atoms. The normalized spacial score (nSPS) is 16.6. The zero-order valence-corrected chi connectivity index (χ0v) is 15.6. The highest BCUT2D eigenvalue weighted by Gasteiger charge is 2.35. The van der Waals surface area contributed by atoms with Crippen LogP contribution in [-0.4, -0.2) is 37.1 Å². The lowest BCUT2D eigenvalue weighted by molar-refractivity contribution is -0.141. The van der Waals surface area contributed by atoms with E-state index in [0.717, 1.165) is 43.1 Å². The van der Waals surface area contributed by atoms with E-state index >= 15 is 0 Å². The molecule has 1 aliphatic carbocycles. The van der Waals surface area contributed by atoms with Crippen molar-refractivity contribution in [2.75, 3.05) is 0 Å². The molecule has 3 N–H and O–H groups in total. The van der Waals surface area contributed by atoms with Crippen LogP contribution in [0, 0.1) is 0 Å². The van der Waals surface area contributed by atoms with Crippen molar-refractivity contribution in [2.45, 2.75) is 63.2 Å². The number of aromatic nitrogens is 4. The van der Waals surface area contributed by atoms with Gasteiger partial charge in [-0.2, -0.15) is 23.4 Å². The average Bonchev–Trinajstić information content (AvgIpc) is 3.33. The topological polar surface area (TPSA) is 95.8 Å². The van der Waals surface area contributed by atoms with E-state index in [9.17, 15) is 23.1 Å². The number of hydrogen-bond donors (Lipinski definition) is 3. The fourth-order valence-corrected chi connectivity index (χ4v) is 3.83. The third-order valence-corrected chi connectivity index (χ3v) is 5.22. The van der Waals surface area contributed by atoms with E-state index in [4.69, 9.17) is 0 Å². The standard InChI is InChI=1S/C18H24F3N5O2/c1-26-10-13(15(25-26)11-4-2-3-5-11)8-22-14(17(27)28)7-6-12-9-23-24-16(12)18(19,20)21/h9-11,14,22H,2-8H2,1H3,(H,23,24)(H,27,28). The number of nitrogens with zero attached hydrogens (tertiary/aromatic N) is 3. The van der Waals surface area contributed by atoms with Crippen molar-refractivity contribution in [1.82, 2.24) is 25.3 Å². The monoisotopic (exact) mass is 399 g/mol. The summed E-state index contributed by atoms with van der Waals surface area (Å²) in [6, 6.07) is -0.965. The molecule has 1 unspecified atom stereocenters. The van der Waals surface area contributed by atoms with Gasteiger partial charge in [0.1, 0.15) is 11.7 Å². The van der Waals surface area contributed by atoms with Gasteiger partial charge in [0.15, 0.2) is 0 Å². The molecule has 0 aromatic carbocycles. The smallest absolute Gasteiger partial charge is 0.433 e. The quantitative estimate of drug-likeness (QED) is 0.634. The predicted octanol–water partition coefficient (Wildman–Crippen LogP) is 3.00. The molecule has 1 saturated carbocycles. The molecule has 10 heteroatoms. The summed E-state index contributed by atoms with van der Waals surface area (Å²) in [7, 11) is 1.83. The van der Waals surface area contributed by atoms with Crippen molar-refractivity contribution < 1.29 is 23.1 Å². The summed E-state index contributed by atoms with van der Waals surface area (Å²) in [6.07, 6.45) is 2.90. The summed E-state index contributed by atoms with van der Waals surface area (Å²) in [5, 5.41) is 22.4. The van der Waals surface area contributed by atoms with Crippen LogP contribution in [0.1, 0.15) is 60.5 Å². The highest BCUT2D eigenvalue weighted by Crippen LogP contribution is 2.35. The Morgan fingerprint density at radius 1 is 1.39 bits per heavy atom. The van der Waals surface area contributed by atoms with Crippen molar-refractivity contribution in [2.24, 2.45) is 7.05 Å². The van der Waals surface area contributed by atoms with Gasteiger partial charge in [0.25, 0.3) is 0 Å². The van der Waals surface area contributed by atoms with Gasteiger partial charge in [-0.3, -0.25) is 14.6 Å². The molecule has 0 aliphatic heterocycles. The Balaban J connectivity index is 1.63. The summed E-state index contributed by atoms with van der Waals surface area (Å²) in [4.78, 5) is 11.6. The molecule has 0 spiro atoms. The lowest BCUT2D eigenvalue weighted by Crippen LogP contribution is -2.36. The second-order valence-corrected chi connectivity index (χ2v) is 7.27. The van der Waals surface area contributed by atoms with Crippen LogP contribution in [0.3, 0.4) is 0 Å². The lowest BCUT2D eigenvalue weighted by atomic mass is 10.00. The molecule has 1 aliphatic rings. The Labute approximate surface area is 160 Å². The molecule has 0 radical (unpaired) electrons. The maximum atomic E-state index is 12.9. The number of carboxylic acids is 1. The molecule has 7 nitrogen and oxygen atoms in total. The van der Waals surface area contributed by atoms with Gasteiger partial charge in [-0.05, 0) is 25.7 Å². The Bertz CT molecular complexity index is 808. The van der Waals surface area contributed by atoms with Crippen LogP contribution in [0.5, 0.6) is 0 Å². The van der Waals surface area contributed by atoms with Gasteiger partial charge in [0.2, 0.25) is 0 Å². The van der Waals surface area contributed by atoms with Crippen molar-refractivity contribution in [3.05, 3.63) is 34.9 Å². The molecule has 2 heterocycles. The summed E-state index contributed by atoms with van der Waals surface area (Å²) in [6.45, 7) is 0.314. The maximum absolute atomic E-state index is 12.9. The van der Waals surface area contributed by atoms with Crippen LogP contribution in [0.2, 0.25) is 0 Å². The van der Waals surface area contributed by atoms with Gasteiger partial charge < -0.3 is 10.4 Å². The van der Waals surface area contributed by atoms with Crippen LogP contribution < -0.4 is 5.32 Å². The van der Waals surface area contributed by atoms with E-state index in [0.29, 0.717) is 12.5 Å². The van der Waals surface area contributed by atoms with Crippen molar-refractivity contribution in [3.63, 3.8) is 0 Å². The SMILES string of the molecule is Cn1cc(CNC(CCc2cn[nH]c2C(F)(F)F)C(=O)O)c(C2CCCC2)n1. The first-order valence-corrected chi connectivity index (χ1v) is 9.33. The number of aromatic amines is 1. The highest BCUT2D eigenvalue weighted by atomic mass is 19.4. The van der Waals surface area contributed by atoms with Gasteiger partial charge in [0.05, 0.1) is 11.9 Å². The number of hydrogen-bond acceptors (Lipinski definition) is 4. The van der Waals surface area contributed by atoms with Crippen LogP contribution in [-0.2, 0) is 31.0 Å². The Hall–Kier alpha value is -2.36. The van der Waals surface area contributed by atoms with Crippen LogP contribution >= 0.6 is 0 Å². The first-order chi connectivity index (χ1) is 13.3. The second-order valence-electron chi connectivity index (χ2n) is 7.27. The van der Waals surface area contributed by atoms with Gasteiger partial charge in [-0.15, -0.1) is 0 Å². The van der Waals surface area contributed by atoms with Gasteiger partial charge >= 0.3 is 12.1 Å². The van der Waals surface area contributed by atoms with Crippen LogP contribution in [0.4, 0.5) is 13.2 Å². The minimum absolute atomic E-state index is 0.0248. The Morgan fingerprint density at radius 2 is 2.11 bits per heavy atom. The largest absolute Gasteiger partial charge is 0.480 e. The molecule has 154 valence electrons. The maximum Gasteiger partial charge on any atom is 0.433 e. The summed E-state index contributed by atoms with van der Waals surface area (Å²) in [5.41, 5.74) is 0.978. The van der Waals surface area contributed by atoms with Crippen molar-refractivity contribution >= 4 is 5.97 Å². The Kier molecular flexibility index (Phi) is 6.07. The number of H-pyrrole nitrogens is 1. The van der Waals surface area contributed by atoms with E-state index in [1.807, 2.05) is 18.3 Å². The molecule has 2 aromatic rings. The van der Waals surface area contributed by atoms with Crippen molar-refractivity contribution in [1.29, 1.82) is 0 Å². The number of halogens is 3. The van der Waals surface area contributed by atoms with E-state index < -0.39 is 23.9 Å². The molecule has 1 atom stereocenters. The molecule has 0 bridgehead atoms. The minimum Gasteiger partial charge on any atom is -0.480 e.